The van der Waals surface area contributed by atoms with E-state index in [4.69, 9.17) is 16.2 Å². The lowest BCUT2D eigenvalue weighted by atomic mass is 9.94. The molecule has 0 saturated carbocycles. The molecule has 0 heterocycles. The predicted molar refractivity (Wildman–Crippen MR) is 67.8 cm³/mol. The molecule has 5 heteroatoms. The number of rotatable bonds is 7. The SMILES string of the molecule is COc1ccc(CC(CCC(N)=O)C(N)=O)cc1. The lowest BCUT2D eigenvalue weighted by Gasteiger charge is -2.12. The molecule has 0 radical (unpaired) electrons. The molecule has 5 nitrogen and oxygen atoms in total. The van der Waals surface area contributed by atoms with Gasteiger partial charge in [0.25, 0.3) is 0 Å². The molecule has 0 aliphatic heterocycles. The number of hydrogen-bond donors (Lipinski definition) is 2. The first kappa shape index (κ1) is 14.0. The van der Waals surface area contributed by atoms with E-state index < -0.39 is 11.8 Å². The molecule has 1 aromatic carbocycles. The first-order chi connectivity index (χ1) is 8.52. The molecular formula is C13H18N2O3. The van der Waals surface area contributed by atoms with Crippen LogP contribution in [-0.2, 0) is 16.0 Å². The molecule has 0 bridgehead atoms. The van der Waals surface area contributed by atoms with Crippen molar-refractivity contribution in [2.75, 3.05) is 7.11 Å². The molecule has 0 aliphatic carbocycles. The zero-order chi connectivity index (χ0) is 13.5. The normalized spacial score (nSPS) is 11.8. The Morgan fingerprint density at radius 2 is 1.83 bits per heavy atom. The van der Waals surface area contributed by atoms with Crippen LogP contribution in [-0.4, -0.2) is 18.9 Å². The summed E-state index contributed by atoms with van der Waals surface area (Å²) in [7, 11) is 1.59. The van der Waals surface area contributed by atoms with Gasteiger partial charge in [-0.1, -0.05) is 12.1 Å². The van der Waals surface area contributed by atoms with E-state index in [0.29, 0.717) is 12.8 Å². The van der Waals surface area contributed by atoms with Crippen molar-refractivity contribution in [2.24, 2.45) is 17.4 Å². The molecule has 0 spiro atoms. The van der Waals surface area contributed by atoms with Gasteiger partial charge in [-0.3, -0.25) is 9.59 Å². The maximum Gasteiger partial charge on any atom is 0.220 e. The molecule has 1 aromatic rings. The van der Waals surface area contributed by atoms with Crippen molar-refractivity contribution in [1.82, 2.24) is 0 Å². The number of hydrogen-bond acceptors (Lipinski definition) is 3. The summed E-state index contributed by atoms with van der Waals surface area (Å²) < 4.78 is 5.05. The number of ether oxygens (including phenoxy) is 1. The van der Waals surface area contributed by atoms with Crippen LogP contribution < -0.4 is 16.2 Å². The van der Waals surface area contributed by atoms with Crippen LogP contribution in [0, 0.1) is 5.92 Å². The van der Waals surface area contributed by atoms with Crippen molar-refractivity contribution in [3.63, 3.8) is 0 Å². The highest BCUT2D eigenvalue weighted by Gasteiger charge is 2.16. The number of amides is 2. The van der Waals surface area contributed by atoms with Gasteiger partial charge in [-0.25, -0.2) is 0 Å². The van der Waals surface area contributed by atoms with Crippen LogP contribution in [0.4, 0.5) is 0 Å². The third-order valence-corrected chi connectivity index (χ3v) is 2.78. The third kappa shape index (κ3) is 4.45. The topological polar surface area (TPSA) is 95.4 Å². The Kier molecular flexibility index (Phi) is 5.17. The van der Waals surface area contributed by atoms with Crippen molar-refractivity contribution in [3.8, 4) is 5.75 Å². The molecule has 0 fully saturated rings. The summed E-state index contributed by atoms with van der Waals surface area (Å²) in [4.78, 5) is 22.0. The van der Waals surface area contributed by atoms with Crippen molar-refractivity contribution in [2.45, 2.75) is 19.3 Å². The largest absolute Gasteiger partial charge is 0.497 e. The molecule has 2 amide bonds. The van der Waals surface area contributed by atoms with Gasteiger partial charge < -0.3 is 16.2 Å². The summed E-state index contributed by atoms with van der Waals surface area (Å²) in [6.07, 6.45) is 1.06. The van der Waals surface area contributed by atoms with Gasteiger partial charge in [0, 0.05) is 12.3 Å². The first-order valence-corrected chi connectivity index (χ1v) is 5.73. The van der Waals surface area contributed by atoms with Crippen LogP contribution in [0.25, 0.3) is 0 Å². The van der Waals surface area contributed by atoms with Gasteiger partial charge in [0.15, 0.2) is 0 Å². The Labute approximate surface area is 106 Å². The Balaban J connectivity index is 2.64. The third-order valence-electron chi connectivity index (χ3n) is 2.78. The number of benzene rings is 1. The summed E-state index contributed by atoms with van der Waals surface area (Å²) in [5.41, 5.74) is 11.4. The average Bonchev–Trinajstić information content (AvgIpc) is 2.34. The Bertz CT molecular complexity index is 415. The van der Waals surface area contributed by atoms with Gasteiger partial charge in [0.2, 0.25) is 11.8 Å². The van der Waals surface area contributed by atoms with Gasteiger partial charge in [0.1, 0.15) is 5.75 Å². The average molecular weight is 250 g/mol. The van der Waals surface area contributed by atoms with E-state index in [2.05, 4.69) is 0 Å². The summed E-state index contributed by atoms with van der Waals surface area (Å²) in [5, 5.41) is 0. The molecule has 0 saturated heterocycles. The summed E-state index contributed by atoms with van der Waals surface area (Å²) in [6.45, 7) is 0. The fourth-order valence-corrected chi connectivity index (χ4v) is 1.71. The number of carbonyl (C=O) groups excluding carboxylic acids is 2. The van der Waals surface area contributed by atoms with Crippen LogP contribution in [0.1, 0.15) is 18.4 Å². The lowest BCUT2D eigenvalue weighted by molar-refractivity contribution is -0.122. The van der Waals surface area contributed by atoms with Crippen LogP contribution in [0.5, 0.6) is 5.75 Å². The standard InChI is InChI=1S/C13H18N2O3/c1-18-11-5-2-9(3-6-11)8-10(13(15)17)4-7-12(14)16/h2-3,5-6,10H,4,7-8H2,1H3,(H2,14,16)(H2,15,17). The Morgan fingerprint density at radius 1 is 1.22 bits per heavy atom. The lowest BCUT2D eigenvalue weighted by Crippen LogP contribution is -2.26. The van der Waals surface area contributed by atoms with E-state index in [-0.39, 0.29) is 12.3 Å². The first-order valence-electron chi connectivity index (χ1n) is 5.73. The number of nitrogens with two attached hydrogens (primary N) is 2. The van der Waals surface area contributed by atoms with Gasteiger partial charge in [-0.15, -0.1) is 0 Å². The van der Waals surface area contributed by atoms with Crippen LogP contribution in [0.2, 0.25) is 0 Å². The van der Waals surface area contributed by atoms with Crippen LogP contribution in [0.15, 0.2) is 24.3 Å². The fourth-order valence-electron chi connectivity index (χ4n) is 1.71. The second-order valence-corrected chi connectivity index (χ2v) is 4.16. The molecule has 0 aromatic heterocycles. The fraction of sp³-hybridized carbons (Fsp3) is 0.385. The Morgan fingerprint density at radius 3 is 2.28 bits per heavy atom. The van der Waals surface area contributed by atoms with Gasteiger partial charge >= 0.3 is 0 Å². The predicted octanol–water partition coefficient (Wildman–Crippen LogP) is 0.605. The quantitative estimate of drug-likeness (QED) is 0.742. The minimum absolute atomic E-state index is 0.170. The molecule has 0 aliphatic rings. The molecular weight excluding hydrogens is 232 g/mol. The van der Waals surface area contributed by atoms with E-state index in [1.165, 1.54) is 0 Å². The van der Waals surface area contributed by atoms with E-state index in [1.54, 1.807) is 7.11 Å². The highest BCUT2D eigenvalue weighted by Crippen LogP contribution is 2.17. The van der Waals surface area contributed by atoms with Crippen LogP contribution >= 0.6 is 0 Å². The molecule has 18 heavy (non-hydrogen) atoms. The minimum Gasteiger partial charge on any atom is -0.497 e. The second-order valence-electron chi connectivity index (χ2n) is 4.16. The van der Waals surface area contributed by atoms with E-state index in [0.717, 1.165) is 11.3 Å². The van der Waals surface area contributed by atoms with Crippen molar-refractivity contribution < 1.29 is 14.3 Å². The molecule has 1 atom stereocenters. The van der Waals surface area contributed by atoms with Crippen molar-refractivity contribution in [1.29, 1.82) is 0 Å². The van der Waals surface area contributed by atoms with Gasteiger partial charge in [-0.05, 0) is 30.5 Å². The highest BCUT2D eigenvalue weighted by molar-refractivity contribution is 5.79. The number of carbonyl (C=O) groups is 2. The minimum atomic E-state index is -0.420. The van der Waals surface area contributed by atoms with Crippen molar-refractivity contribution in [3.05, 3.63) is 29.8 Å². The van der Waals surface area contributed by atoms with E-state index >= 15 is 0 Å². The van der Waals surface area contributed by atoms with Crippen LogP contribution in [0.3, 0.4) is 0 Å². The summed E-state index contributed by atoms with van der Waals surface area (Å²) >= 11 is 0. The molecule has 1 unspecified atom stereocenters. The van der Waals surface area contributed by atoms with E-state index in [9.17, 15) is 9.59 Å². The summed E-state index contributed by atoms with van der Waals surface area (Å²) in [5.74, 6) is -0.444. The maximum absolute atomic E-state index is 11.3. The highest BCUT2D eigenvalue weighted by atomic mass is 16.5. The zero-order valence-corrected chi connectivity index (χ0v) is 10.4. The number of primary amides is 2. The monoisotopic (exact) mass is 250 g/mol. The van der Waals surface area contributed by atoms with Gasteiger partial charge in [0.05, 0.1) is 7.11 Å². The molecule has 98 valence electrons. The summed E-state index contributed by atoms with van der Waals surface area (Å²) in [6, 6.07) is 7.39. The van der Waals surface area contributed by atoms with Gasteiger partial charge in [-0.2, -0.15) is 0 Å². The molecule has 1 rings (SSSR count). The smallest absolute Gasteiger partial charge is 0.220 e. The van der Waals surface area contributed by atoms with Crippen molar-refractivity contribution >= 4 is 11.8 Å². The Hall–Kier alpha value is -2.04. The van der Waals surface area contributed by atoms with E-state index in [1.807, 2.05) is 24.3 Å². The molecule has 4 N–H and O–H groups in total. The number of methoxy groups -OCH3 is 1. The maximum atomic E-state index is 11.3. The second kappa shape index (κ2) is 6.64. The zero-order valence-electron chi connectivity index (χ0n) is 10.4.